The first-order valence-corrected chi connectivity index (χ1v) is 9.60. The summed E-state index contributed by atoms with van der Waals surface area (Å²) in [5, 5.41) is 6.42. The van der Waals surface area contributed by atoms with E-state index in [1.54, 1.807) is 7.05 Å². The summed E-state index contributed by atoms with van der Waals surface area (Å²) in [4.78, 5) is 4.18. The van der Waals surface area contributed by atoms with Crippen molar-refractivity contribution in [1.82, 2.24) is 10.6 Å². The molecule has 1 rings (SSSR count). The molecular weight excluding hydrogens is 449 g/mol. The zero-order valence-electron chi connectivity index (χ0n) is 16.1. The Balaban J connectivity index is 0.00000576. The van der Waals surface area contributed by atoms with Crippen molar-refractivity contribution in [2.24, 2.45) is 4.99 Å². The van der Waals surface area contributed by atoms with Crippen LogP contribution in [0.15, 0.2) is 29.3 Å². The van der Waals surface area contributed by atoms with Crippen molar-refractivity contribution in [3.8, 4) is 5.75 Å². The van der Waals surface area contributed by atoms with Crippen molar-refractivity contribution in [3.05, 3.63) is 29.8 Å². The minimum atomic E-state index is -0.867. The van der Waals surface area contributed by atoms with E-state index in [4.69, 9.17) is 4.74 Å². The van der Waals surface area contributed by atoms with Crippen molar-refractivity contribution in [2.75, 3.05) is 25.9 Å². The van der Waals surface area contributed by atoms with Gasteiger partial charge in [0.1, 0.15) is 11.9 Å². The van der Waals surface area contributed by atoms with Crippen LogP contribution < -0.4 is 15.4 Å². The van der Waals surface area contributed by atoms with Crippen molar-refractivity contribution >= 4 is 40.7 Å². The van der Waals surface area contributed by atoms with Gasteiger partial charge in [-0.05, 0) is 52.3 Å². The second-order valence-corrected chi connectivity index (χ2v) is 9.11. The number of nitrogens with one attached hydrogen (secondary N) is 2. The van der Waals surface area contributed by atoms with Gasteiger partial charge in [0.2, 0.25) is 0 Å². The van der Waals surface area contributed by atoms with Gasteiger partial charge in [0, 0.05) is 34.9 Å². The molecule has 2 unspecified atom stereocenters. The quantitative estimate of drug-likeness (QED) is 0.357. The smallest absolute Gasteiger partial charge is 0.191 e. The number of ether oxygens (including phenoxy) is 1. The van der Waals surface area contributed by atoms with Gasteiger partial charge in [-0.2, -0.15) is 0 Å². The highest BCUT2D eigenvalue weighted by Crippen LogP contribution is 2.14. The Morgan fingerprint density at radius 3 is 2.56 bits per heavy atom. The third-order valence-corrected chi connectivity index (χ3v) is 5.31. The average Bonchev–Trinajstić information content (AvgIpc) is 2.49. The van der Waals surface area contributed by atoms with Gasteiger partial charge < -0.3 is 15.4 Å². The highest BCUT2D eigenvalue weighted by Gasteiger charge is 2.18. The summed E-state index contributed by atoms with van der Waals surface area (Å²) in [7, 11) is 0.857. The summed E-state index contributed by atoms with van der Waals surface area (Å²) in [5.74, 6) is 2.16. The first-order chi connectivity index (χ1) is 11.2. The number of benzene rings is 1. The molecule has 0 heterocycles. The Bertz CT molecular complexity index is 574. The predicted octanol–water partition coefficient (Wildman–Crippen LogP) is 3.09. The molecule has 2 N–H and O–H groups in total. The topological polar surface area (TPSA) is 62.7 Å². The molecular formula is C18H32IN3O2S. The molecule has 0 aromatic heterocycles. The monoisotopic (exact) mass is 481 g/mol. The van der Waals surface area contributed by atoms with Gasteiger partial charge in [0.15, 0.2) is 5.96 Å². The summed E-state index contributed by atoms with van der Waals surface area (Å²) in [6.07, 6.45) is 0.00839. The van der Waals surface area contributed by atoms with Gasteiger partial charge >= 0.3 is 0 Å². The van der Waals surface area contributed by atoms with Crippen molar-refractivity contribution in [1.29, 1.82) is 0 Å². The van der Waals surface area contributed by atoms with E-state index in [0.29, 0.717) is 24.8 Å². The molecule has 0 saturated heterocycles. The normalized spacial score (nSPS) is 14.2. The maximum Gasteiger partial charge on any atom is 0.191 e. The van der Waals surface area contributed by atoms with Crippen LogP contribution in [0.5, 0.6) is 5.75 Å². The van der Waals surface area contributed by atoms with Gasteiger partial charge in [-0.15, -0.1) is 24.0 Å². The molecule has 1 aromatic carbocycles. The van der Waals surface area contributed by atoms with E-state index in [2.05, 4.69) is 15.6 Å². The Labute approximate surface area is 171 Å². The third kappa shape index (κ3) is 10.0. The number of nitrogens with zero attached hydrogens (tertiary/aromatic N) is 1. The molecule has 25 heavy (non-hydrogen) atoms. The van der Waals surface area contributed by atoms with Crippen LogP contribution in [0.25, 0.3) is 0 Å². The van der Waals surface area contributed by atoms with Crippen LogP contribution in [0.1, 0.15) is 33.3 Å². The fourth-order valence-electron chi connectivity index (χ4n) is 1.99. The molecule has 0 spiro atoms. The molecule has 0 amide bonds. The largest absolute Gasteiger partial charge is 0.489 e. The standard InChI is InChI=1S/C18H31N3O2S.HI/c1-14-8-7-9-16(12-14)23-15(2)13-21-17(19-6)20-10-11-24(22)18(3,4)5;/h7-9,12,15H,10-11,13H2,1-6H3,(H2,19,20,21);1H. The number of aliphatic imine (C=N–C) groups is 1. The lowest BCUT2D eigenvalue weighted by Crippen LogP contribution is -2.43. The van der Waals surface area contributed by atoms with E-state index < -0.39 is 10.8 Å². The molecule has 1 aromatic rings. The number of aryl methyl sites for hydroxylation is 1. The summed E-state index contributed by atoms with van der Waals surface area (Å²) in [6.45, 7) is 11.3. The van der Waals surface area contributed by atoms with Gasteiger partial charge in [0.05, 0.1) is 6.54 Å². The molecule has 2 atom stereocenters. The van der Waals surface area contributed by atoms with Crippen LogP contribution in [0, 0.1) is 6.92 Å². The highest BCUT2D eigenvalue weighted by molar-refractivity contribution is 14.0. The Morgan fingerprint density at radius 2 is 2.00 bits per heavy atom. The van der Waals surface area contributed by atoms with Crippen LogP contribution in [-0.2, 0) is 10.8 Å². The second kappa shape index (κ2) is 11.7. The first kappa shape index (κ1) is 24.2. The van der Waals surface area contributed by atoms with Crippen molar-refractivity contribution in [3.63, 3.8) is 0 Å². The lowest BCUT2D eigenvalue weighted by Gasteiger charge is -2.20. The Morgan fingerprint density at radius 1 is 1.32 bits per heavy atom. The van der Waals surface area contributed by atoms with Crippen LogP contribution in [-0.4, -0.2) is 46.9 Å². The van der Waals surface area contributed by atoms with Crippen LogP contribution in [0.2, 0.25) is 0 Å². The minimum absolute atomic E-state index is 0. The zero-order chi connectivity index (χ0) is 18.2. The second-order valence-electron chi connectivity index (χ2n) is 6.79. The summed E-state index contributed by atoms with van der Waals surface area (Å²) >= 11 is 0. The lowest BCUT2D eigenvalue weighted by molar-refractivity contribution is 0.223. The van der Waals surface area contributed by atoms with E-state index in [0.717, 1.165) is 5.75 Å². The molecule has 0 aliphatic heterocycles. The van der Waals surface area contributed by atoms with E-state index in [-0.39, 0.29) is 34.8 Å². The molecule has 0 aliphatic carbocycles. The van der Waals surface area contributed by atoms with Crippen LogP contribution in [0.3, 0.4) is 0 Å². The fraction of sp³-hybridized carbons (Fsp3) is 0.611. The molecule has 0 radical (unpaired) electrons. The molecule has 5 nitrogen and oxygen atoms in total. The number of hydrogen-bond donors (Lipinski definition) is 2. The van der Waals surface area contributed by atoms with E-state index >= 15 is 0 Å². The van der Waals surface area contributed by atoms with E-state index in [1.165, 1.54) is 5.56 Å². The Kier molecular flexibility index (Phi) is 11.3. The van der Waals surface area contributed by atoms with Gasteiger partial charge in [-0.25, -0.2) is 0 Å². The molecule has 144 valence electrons. The average molecular weight is 481 g/mol. The summed E-state index contributed by atoms with van der Waals surface area (Å²) in [6, 6.07) is 8.01. The maximum absolute atomic E-state index is 12.0. The van der Waals surface area contributed by atoms with Gasteiger partial charge in [-0.1, -0.05) is 12.1 Å². The van der Waals surface area contributed by atoms with Crippen LogP contribution in [0.4, 0.5) is 0 Å². The van der Waals surface area contributed by atoms with E-state index in [9.17, 15) is 4.21 Å². The molecule has 0 fully saturated rings. The zero-order valence-corrected chi connectivity index (χ0v) is 19.2. The number of rotatable bonds is 7. The fourth-order valence-corrected chi connectivity index (χ4v) is 2.89. The predicted molar refractivity (Wildman–Crippen MR) is 119 cm³/mol. The SMILES string of the molecule is CN=C(NCCS(=O)C(C)(C)C)NCC(C)Oc1cccc(C)c1.I. The Hall–Kier alpha value is -0.830. The maximum atomic E-state index is 12.0. The highest BCUT2D eigenvalue weighted by atomic mass is 127. The lowest BCUT2D eigenvalue weighted by atomic mass is 10.2. The molecule has 0 saturated carbocycles. The van der Waals surface area contributed by atoms with Crippen LogP contribution >= 0.6 is 24.0 Å². The first-order valence-electron chi connectivity index (χ1n) is 8.28. The molecule has 0 aliphatic rings. The third-order valence-electron chi connectivity index (χ3n) is 3.37. The number of halogens is 1. The summed E-state index contributed by atoms with van der Waals surface area (Å²) in [5.41, 5.74) is 1.18. The number of hydrogen-bond acceptors (Lipinski definition) is 3. The minimum Gasteiger partial charge on any atom is -0.489 e. The summed E-state index contributed by atoms with van der Waals surface area (Å²) < 4.78 is 17.7. The van der Waals surface area contributed by atoms with Crippen molar-refractivity contribution < 1.29 is 8.95 Å². The number of guanidine groups is 1. The van der Waals surface area contributed by atoms with Crippen molar-refractivity contribution in [2.45, 2.75) is 45.5 Å². The molecule has 7 heteroatoms. The molecule has 0 bridgehead atoms. The van der Waals surface area contributed by atoms with E-state index in [1.807, 2.05) is 58.9 Å². The van der Waals surface area contributed by atoms with Gasteiger partial charge in [-0.3, -0.25) is 9.20 Å². The van der Waals surface area contributed by atoms with Gasteiger partial charge in [0.25, 0.3) is 0 Å².